The molecule has 1 unspecified atom stereocenters. The Morgan fingerprint density at radius 1 is 1.00 bits per heavy atom. The van der Waals surface area contributed by atoms with Crippen LogP contribution in [0, 0.1) is 0 Å². The van der Waals surface area contributed by atoms with Gasteiger partial charge in [-0.15, -0.1) is 0 Å². The van der Waals surface area contributed by atoms with Crippen LogP contribution >= 0.6 is 19.7 Å². The molecule has 3 aromatic carbocycles. The predicted molar refractivity (Wildman–Crippen MR) is 164 cm³/mol. The lowest BCUT2D eigenvalue weighted by Crippen LogP contribution is -2.34. The van der Waals surface area contributed by atoms with Crippen LogP contribution in [0.1, 0.15) is 36.8 Å². The first-order chi connectivity index (χ1) is 19.3. The number of sulfonamides is 1. The highest BCUT2D eigenvalue weighted by molar-refractivity contribution is 8.14. The van der Waals surface area contributed by atoms with Gasteiger partial charge in [-0.05, 0) is 68.6 Å². The number of rotatable bonds is 11. The third kappa shape index (κ3) is 6.64. The number of aromatic nitrogens is 1. The Morgan fingerprint density at radius 3 is 2.58 bits per heavy atom. The number of para-hydroxylation sites is 1. The van der Waals surface area contributed by atoms with Crippen LogP contribution in [0.2, 0.25) is 0 Å². The van der Waals surface area contributed by atoms with E-state index in [2.05, 4.69) is 82.8 Å². The Bertz CT molecular complexity index is 1670. The molecule has 2 heterocycles. The summed E-state index contributed by atoms with van der Waals surface area (Å²) in [5.74, 6) is -0.826. The number of unbranched alkanes of at least 4 members (excludes halogenated alkanes) is 2. The number of pyridine rings is 1. The molecule has 206 valence electrons. The van der Waals surface area contributed by atoms with Gasteiger partial charge in [0, 0.05) is 40.2 Å². The summed E-state index contributed by atoms with van der Waals surface area (Å²) in [5, 5.41) is 11.0. The molecule has 4 aromatic rings. The highest BCUT2D eigenvalue weighted by Crippen LogP contribution is 2.57. The van der Waals surface area contributed by atoms with Crippen molar-refractivity contribution in [3.8, 4) is 0 Å². The number of carboxylic acids is 1. The predicted octanol–water partition coefficient (Wildman–Crippen LogP) is 5.94. The van der Waals surface area contributed by atoms with Gasteiger partial charge in [-0.1, -0.05) is 60.6 Å². The van der Waals surface area contributed by atoms with Gasteiger partial charge < -0.3 is 5.11 Å². The minimum atomic E-state index is -3.63. The zero-order valence-corrected chi connectivity index (χ0v) is 24.8. The van der Waals surface area contributed by atoms with Crippen molar-refractivity contribution in [2.24, 2.45) is 0 Å². The minimum absolute atomic E-state index is 0.109. The van der Waals surface area contributed by atoms with E-state index in [1.54, 1.807) is 17.8 Å². The maximum absolute atomic E-state index is 12.9. The molecule has 0 radical (unpaired) electrons. The molecule has 0 bridgehead atoms. The van der Waals surface area contributed by atoms with Gasteiger partial charge in [0.15, 0.2) is 12.7 Å². The average Bonchev–Trinajstić information content (AvgIpc) is 3.26. The van der Waals surface area contributed by atoms with Crippen LogP contribution in [0.15, 0.2) is 99.5 Å². The van der Waals surface area contributed by atoms with Gasteiger partial charge in [0.25, 0.3) is 0 Å². The number of benzene rings is 3. The summed E-state index contributed by atoms with van der Waals surface area (Å²) in [7, 11) is -4.32. The first-order valence-electron chi connectivity index (χ1n) is 13.3. The second-order valence-corrected chi connectivity index (χ2v) is 15.0. The van der Waals surface area contributed by atoms with Crippen LogP contribution in [0.25, 0.3) is 17.0 Å². The van der Waals surface area contributed by atoms with Gasteiger partial charge in [-0.25, -0.2) is 13.1 Å². The van der Waals surface area contributed by atoms with Crippen molar-refractivity contribution in [2.45, 2.75) is 42.0 Å². The lowest BCUT2D eigenvalue weighted by atomic mass is 10.1. The van der Waals surface area contributed by atoms with Crippen LogP contribution in [-0.2, 0) is 21.4 Å². The van der Waals surface area contributed by atoms with E-state index in [4.69, 9.17) is 5.11 Å². The Labute approximate surface area is 241 Å². The van der Waals surface area contributed by atoms with E-state index in [0.717, 1.165) is 22.3 Å². The molecule has 5 rings (SSSR count). The van der Waals surface area contributed by atoms with Gasteiger partial charge in [0.2, 0.25) is 15.5 Å². The Morgan fingerprint density at radius 2 is 1.77 bits per heavy atom. The van der Waals surface area contributed by atoms with Crippen molar-refractivity contribution in [3.63, 3.8) is 0 Å². The van der Waals surface area contributed by atoms with E-state index in [9.17, 15) is 13.2 Å². The third-order valence-corrected chi connectivity index (χ3v) is 12.4. The lowest BCUT2D eigenvalue weighted by molar-refractivity contribution is -0.662. The summed E-state index contributed by atoms with van der Waals surface area (Å²) in [6.07, 6.45) is 6.34. The number of aliphatic carboxylic acids is 1. The van der Waals surface area contributed by atoms with E-state index in [1.165, 1.54) is 21.1 Å². The maximum atomic E-state index is 12.9. The molecule has 9 heteroatoms. The van der Waals surface area contributed by atoms with Crippen molar-refractivity contribution >= 4 is 58.0 Å². The molecule has 0 amide bonds. The number of fused-ring (bicyclic) bond motifs is 2. The number of hydrogen-bond donors (Lipinski definition) is 2. The number of nitrogens with one attached hydrogen (secondary N) is 1. The fourth-order valence-corrected chi connectivity index (χ4v) is 9.68. The standard InChI is InChI=1S/C31H31N2O4PS2/c1-38-28-21-25(40(36,37)32-18-9-3-6-14-30(34)35)15-16-29(28)39-31(38)20-24-17-19-33(22-23-10-4-2-5-11-23)27-13-8-7-12-26(24)27/h2,4-5,7-8,10-13,15-17,19-21,32H,3,6,9,14,18,22H2,1H3/p+1. The summed E-state index contributed by atoms with van der Waals surface area (Å²) in [5.41, 5.74) is 3.58. The first kappa shape index (κ1) is 28.5. The second-order valence-electron chi connectivity index (χ2n) is 9.78. The van der Waals surface area contributed by atoms with Crippen molar-refractivity contribution < 1.29 is 22.9 Å². The van der Waals surface area contributed by atoms with E-state index in [0.29, 0.717) is 25.8 Å². The molecule has 2 N–H and O–H groups in total. The quantitative estimate of drug-likeness (QED) is 0.128. The van der Waals surface area contributed by atoms with E-state index in [1.807, 2.05) is 18.2 Å². The van der Waals surface area contributed by atoms with Crippen LogP contribution in [0.5, 0.6) is 0 Å². The van der Waals surface area contributed by atoms with Crippen LogP contribution in [0.3, 0.4) is 0 Å². The van der Waals surface area contributed by atoms with Crippen molar-refractivity contribution in [1.82, 2.24) is 4.72 Å². The summed E-state index contributed by atoms with van der Waals surface area (Å²) >= 11 is 1.72. The Kier molecular flexibility index (Phi) is 9.01. The molecule has 0 aliphatic carbocycles. The summed E-state index contributed by atoms with van der Waals surface area (Å²) in [6, 6.07) is 26.5. The van der Waals surface area contributed by atoms with Crippen molar-refractivity contribution in [1.29, 1.82) is 0 Å². The number of carboxylic acid groups (broad SMARTS) is 1. The number of carbonyl (C=O) groups is 1. The molecule has 40 heavy (non-hydrogen) atoms. The molecule has 1 aliphatic rings. The molecule has 1 aliphatic heterocycles. The summed E-state index contributed by atoms with van der Waals surface area (Å²) in [6.45, 7) is 3.28. The molecular formula is C31H32N2O4PS2+. The topological polar surface area (TPSA) is 87.4 Å². The van der Waals surface area contributed by atoms with Crippen LogP contribution < -0.4 is 14.6 Å². The molecular weight excluding hydrogens is 559 g/mol. The molecule has 0 spiro atoms. The summed E-state index contributed by atoms with van der Waals surface area (Å²) in [4.78, 5) is 12.0. The molecule has 6 nitrogen and oxygen atoms in total. The fraction of sp³-hybridized carbons (Fsp3) is 0.226. The second kappa shape index (κ2) is 12.6. The molecule has 0 fully saturated rings. The molecule has 1 aromatic heterocycles. The monoisotopic (exact) mass is 591 g/mol. The number of thioether (sulfide) groups is 1. The lowest BCUT2D eigenvalue weighted by Gasteiger charge is -2.10. The number of hydrogen-bond acceptors (Lipinski definition) is 4. The van der Waals surface area contributed by atoms with Crippen molar-refractivity contribution in [3.05, 3.63) is 101 Å². The zero-order chi connectivity index (χ0) is 28.1. The summed E-state index contributed by atoms with van der Waals surface area (Å²) < 4.78 is 32.1. The third-order valence-electron chi connectivity index (χ3n) is 6.94. The molecule has 0 saturated heterocycles. The van der Waals surface area contributed by atoms with Gasteiger partial charge in [0.1, 0.15) is 0 Å². The van der Waals surface area contributed by atoms with Crippen LogP contribution in [-0.4, -0.2) is 32.7 Å². The van der Waals surface area contributed by atoms with Crippen molar-refractivity contribution in [2.75, 3.05) is 13.2 Å². The smallest absolute Gasteiger partial charge is 0.303 e. The van der Waals surface area contributed by atoms with Crippen LogP contribution in [0.4, 0.5) is 0 Å². The zero-order valence-electron chi connectivity index (χ0n) is 22.3. The minimum Gasteiger partial charge on any atom is -0.481 e. The Hall–Kier alpha value is -3.03. The molecule has 1 atom stereocenters. The van der Waals surface area contributed by atoms with Gasteiger partial charge in [-0.2, -0.15) is 4.57 Å². The Balaban J connectivity index is 1.33. The van der Waals surface area contributed by atoms with Gasteiger partial charge >= 0.3 is 5.97 Å². The largest absolute Gasteiger partial charge is 0.481 e. The van der Waals surface area contributed by atoms with E-state index >= 15 is 0 Å². The van der Waals surface area contributed by atoms with Gasteiger partial charge in [0.05, 0.1) is 10.3 Å². The highest BCUT2D eigenvalue weighted by Gasteiger charge is 2.27. The normalized spacial score (nSPS) is 15.9. The SMILES string of the molecule is CP1C(=Cc2cc[n+](Cc3ccccc3)c3ccccc23)Sc2ccc(S(=O)(=O)NCCCCCC(=O)O)cc21. The fourth-order valence-electron chi connectivity index (χ4n) is 4.79. The number of nitrogens with zero attached hydrogens (tertiary/aromatic N) is 1. The van der Waals surface area contributed by atoms with E-state index in [-0.39, 0.29) is 11.3 Å². The van der Waals surface area contributed by atoms with E-state index < -0.39 is 23.9 Å². The van der Waals surface area contributed by atoms with Gasteiger partial charge in [-0.3, -0.25) is 4.79 Å². The first-order valence-corrected chi connectivity index (χ1v) is 17.3. The molecule has 0 saturated carbocycles. The average molecular weight is 592 g/mol. The highest BCUT2D eigenvalue weighted by atomic mass is 32.2. The maximum Gasteiger partial charge on any atom is 0.303 e.